The highest BCUT2D eigenvalue weighted by molar-refractivity contribution is 5.94. The van der Waals surface area contributed by atoms with Crippen LogP contribution >= 0.6 is 0 Å². The van der Waals surface area contributed by atoms with Gasteiger partial charge < -0.3 is 10.1 Å². The van der Waals surface area contributed by atoms with Crippen LogP contribution in [0.4, 0.5) is 5.69 Å². The number of amides is 1. The van der Waals surface area contributed by atoms with E-state index >= 15 is 0 Å². The van der Waals surface area contributed by atoms with Crippen LogP contribution in [0.3, 0.4) is 0 Å². The van der Waals surface area contributed by atoms with Crippen LogP contribution in [0, 0.1) is 24.2 Å². The van der Waals surface area contributed by atoms with E-state index in [4.69, 9.17) is 4.74 Å². The molecule has 1 amide bonds. The first-order chi connectivity index (χ1) is 12.2. The molecule has 0 heterocycles. The van der Waals surface area contributed by atoms with Gasteiger partial charge in [-0.3, -0.25) is 9.59 Å². The van der Waals surface area contributed by atoms with Crippen molar-refractivity contribution < 1.29 is 14.3 Å². The Balaban J connectivity index is 1.82. The second-order valence-corrected chi connectivity index (χ2v) is 8.53. The minimum Gasteiger partial charge on any atom is -0.455 e. The Kier molecular flexibility index (Phi) is 6.85. The normalized spacial score (nSPS) is 20.5. The maximum atomic E-state index is 12.3. The summed E-state index contributed by atoms with van der Waals surface area (Å²) in [6.45, 7) is 10.6. The molecule has 0 atom stereocenters. The number of nitrogens with one attached hydrogen (secondary N) is 1. The van der Waals surface area contributed by atoms with Crippen molar-refractivity contribution in [3.8, 4) is 0 Å². The fourth-order valence-electron chi connectivity index (χ4n) is 3.83. The number of hydrogen-bond acceptors (Lipinski definition) is 3. The van der Waals surface area contributed by atoms with Crippen LogP contribution in [0.2, 0.25) is 0 Å². The number of carbonyl (C=O) groups excluding carboxylic acids is 2. The molecule has 0 aromatic heterocycles. The van der Waals surface area contributed by atoms with Gasteiger partial charge in [-0.05, 0) is 61.5 Å². The Labute approximate surface area is 157 Å². The van der Waals surface area contributed by atoms with E-state index in [1.807, 2.05) is 25.1 Å². The molecular formula is C22H33NO3. The van der Waals surface area contributed by atoms with Gasteiger partial charge in [0, 0.05) is 5.69 Å². The Hall–Kier alpha value is -1.84. The summed E-state index contributed by atoms with van der Waals surface area (Å²) < 4.78 is 5.30. The van der Waals surface area contributed by atoms with Crippen LogP contribution in [-0.4, -0.2) is 18.5 Å². The molecule has 1 aromatic rings. The highest BCUT2D eigenvalue weighted by atomic mass is 16.5. The molecule has 1 fully saturated rings. The molecule has 26 heavy (non-hydrogen) atoms. The van der Waals surface area contributed by atoms with Crippen molar-refractivity contribution in [2.45, 2.75) is 66.7 Å². The third-order valence-corrected chi connectivity index (χ3v) is 5.64. The number of aryl methyl sites for hydroxylation is 2. The Morgan fingerprint density at radius 1 is 1.15 bits per heavy atom. The monoisotopic (exact) mass is 359 g/mol. The maximum absolute atomic E-state index is 12.3. The molecule has 2 rings (SSSR count). The lowest BCUT2D eigenvalue weighted by Crippen LogP contribution is -2.31. The van der Waals surface area contributed by atoms with Crippen molar-refractivity contribution in [1.29, 1.82) is 0 Å². The van der Waals surface area contributed by atoms with Crippen molar-refractivity contribution in [3.63, 3.8) is 0 Å². The van der Waals surface area contributed by atoms with Gasteiger partial charge in [-0.15, -0.1) is 0 Å². The van der Waals surface area contributed by atoms with Gasteiger partial charge in [0.1, 0.15) is 0 Å². The van der Waals surface area contributed by atoms with E-state index in [0.29, 0.717) is 11.3 Å². The smallest absolute Gasteiger partial charge is 0.309 e. The third-order valence-electron chi connectivity index (χ3n) is 5.64. The summed E-state index contributed by atoms with van der Waals surface area (Å²) in [5, 5.41) is 2.90. The zero-order valence-electron chi connectivity index (χ0n) is 16.9. The summed E-state index contributed by atoms with van der Waals surface area (Å²) in [5.41, 5.74) is 3.23. The van der Waals surface area contributed by atoms with E-state index in [2.05, 4.69) is 33.0 Å². The molecule has 1 aliphatic carbocycles. The molecule has 1 N–H and O–H groups in total. The average molecular weight is 360 g/mol. The molecule has 0 unspecified atom stereocenters. The average Bonchev–Trinajstić information content (AvgIpc) is 2.60. The van der Waals surface area contributed by atoms with E-state index in [1.165, 1.54) is 0 Å². The fraction of sp³-hybridized carbons (Fsp3) is 0.636. The van der Waals surface area contributed by atoms with E-state index in [0.717, 1.165) is 48.9 Å². The van der Waals surface area contributed by atoms with Crippen molar-refractivity contribution in [1.82, 2.24) is 0 Å². The predicted molar refractivity (Wildman–Crippen MR) is 105 cm³/mol. The van der Waals surface area contributed by atoms with Gasteiger partial charge in [0.05, 0.1) is 5.92 Å². The summed E-state index contributed by atoms with van der Waals surface area (Å²) in [7, 11) is 0. The van der Waals surface area contributed by atoms with E-state index in [9.17, 15) is 9.59 Å². The molecule has 0 radical (unpaired) electrons. The first kappa shape index (κ1) is 20.5. The number of carbonyl (C=O) groups is 2. The molecule has 0 spiro atoms. The number of esters is 1. The van der Waals surface area contributed by atoms with Crippen molar-refractivity contribution in [3.05, 3.63) is 29.3 Å². The Morgan fingerprint density at radius 3 is 2.38 bits per heavy atom. The third kappa shape index (κ3) is 5.33. The van der Waals surface area contributed by atoms with Crippen molar-refractivity contribution in [2.24, 2.45) is 17.3 Å². The lowest BCUT2D eigenvalue weighted by molar-refractivity contribution is -0.153. The zero-order chi connectivity index (χ0) is 19.3. The second kappa shape index (κ2) is 8.70. The molecule has 1 aliphatic rings. The van der Waals surface area contributed by atoms with E-state index in [-0.39, 0.29) is 24.4 Å². The van der Waals surface area contributed by atoms with Crippen LogP contribution in [0.25, 0.3) is 0 Å². The summed E-state index contributed by atoms with van der Waals surface area (Å²) >= 11 is 0. The molecule has 4 heteroatoms. The number of rotatable bonds is 5. The van der Waals surface area contributed by atoms with Crippen LogP contribution in [0.1, 0.15) is 64.5 Å². The lowest BCUT2D eigenvalue weighted by Gasteiger charge is -2.36. The maximum Gasteiger partial charge on any atom is 0.309 e. The fourth-order valence-corrected chi connectivity index (χ4v) is 3.83. The number of anilines is 1. The SMILES string of the molecule is CCc1cccc(C)c1NC(=O)COC(=O)C1CCC(C(C)(C)C)CC1. The minimum absolute atomic E-state index is 0.0638. The van der Waals surface area contributed by atoms with E-state index in [1.54, 1.807) is 0 Å². The molecule has 4 nitrogen and oxygen atoms in total. The standard InChI is InChI=1S/C22H33NO3/c1-6-16-9-7-8-15(2)20(16)23-19(24)14-26-21(25)17-10-12-18(13-11-17)22(3,4)5/h7-9,17-18H,6,10-14H2,1-5H3,(H,23,24). The van der Waals surface area contributed by atoms with Gasteiger partial charge in [-0.25, -0.2) is 0 Å². The molecule has 0 aliphatic heterocycles. The van der Waals surface area contributed by atoms with Crippen molar-refractivity contribution in [2.75, 3.05) is 11.9 Å². The second-order valence-electron chi connectivity index (χ2n) is 8.53. The molecular weight excluding hydrogens is 326 g/mol. The highest BCUT2D eigenvalue weighted by Gasteiger charge is 2.33. The Morgan fingerprint density at radius 2 is 1.81 bits per heavy atom. The van der Waals surface area contributed by atoms with E-state index < -0.39 is 0 Å². The first-order valence-corrected chi connectivity index (χ1v) is 9.77. The molecule has 1 aromatic carbocycles. The largest absolute Gasteiger partial charge is 0.455 e. The molecule has 144 valence electrons. The van der Waals surface area contributed by atoms with Gasteiger partial charge in [0.25, 0.3) is 5.91 Å². The summed E-state index contributed by atoms with van der Waals surface area (Å²) in [6, 6.07) is 5.95. The zero-order valence-corrected chi connectivity index (χ0v) is 16.9. The molecule has 1 saturated carbocycles. The van der Waals surface area contributed by atoms with Crippen LogP contribution in [-0.2, 0) is 20.7 Å². The Bertz CT molecular complexity index is 637. The lowest BCUT2D eigenvalue weighted by atomic mass is 9.70. The summed E-state index contributed by atoms with van der Waals surface area (Å²) in [5.74, 6) is 0.0909. The minimum atomic E-state index is -0.272. The van der Waals surface area contributed by atoms with Crippen LogP contribution in [0.15, 0.2) is 18.2 Å². The number of benzene rings is 1. The van der Waals surface area contributed by atoms with Crippen LogP contribution < -0.4 is 5.32 Å². The first-order valence-electron chi connectivity index (χ1n) is 9.77. The van der Waals surface area contributed by atoms with Gasteiger partial charge in [-0.2, -0.15) is 0 Å². The van der Waals surface area contributed by atoms with Gasteiger partial charge in [-0.1, -0.05) is 45.9 Å². The number of hydrogen-bond donors (Lipinski definition) is 1. The summed E-state index contributed by atoms with van der Waals surface area (Å²) in [6.07, 6.45) is 4.67. The predicted octanol–water partition coefficient (Wildman–Crippen LogP) is 4.89. The number of ether oxygens (including phenoxy) is 1. The van der Waals surface area contributed by atoms with Crippen LogP contribution in [0.5, 0.6) is 0 Å². The topological polar surface area (TPSA) is 55.4 Å². The van der Waals surface area contributed by atoms with Gasteiger partial charge >= 0.3 is 5.97 Å². The quantitative estimate of drug-likeness (QED) is 0.761. The highest BCUT2D eigenvalue weighted by Crippen LogP contribution is 2.40. The molecule has 0 saturated heterocycles. The summed E-state index contributed by atoms with van der Waals surface area (Å²) in [4.78, 5) is 24.5. The number of para-hydroxylation sites is 1. The van der Waals surface area contributed by atoms with Gasteiger partial charge in [0.15, 0.2) is 6.61 Å². The van der Waals surface area contributed by atoms with Crippen molar-refractivity contribution >= 4 is 17.6 Å². The molecule has 0 bridgehead atoms. The van der Waals surface area contributed by atoms with Gasteiger partial charge in [0.2, 0.25) is 0 Å².